The average Bonchev–Trinajstić information content (AvgIpc) is 2.45. The maximum atomic E-state index is 11.9. The third-order valence-electron chi connectivity index (χ3n) is 3.26. The molecule has 1 aromatic carbocycles. The van der Waals surface area contributed by atoms with Gasteiger partial charge in [-0.25, -0.2) is 4.79 Å². The van der Waals surface area contributed by atoms with Crippen molar-refractivity contribution in [1.29, 1.82) is 0 Å². The Morgan fingerprint density at radius 2 is 1.90 bits per heavy atom. The van der Waals surface area contributed by atoms with Gasteiger partial charge in [0, 0.05) is 12.1 Å². The van der Waals surface area contributed by atoms with E-state index in [0.717, 1.165) is 23.5 Å². The lowest BCUT2D eigenvalue weighted by Crippen LogP contribution is -2.37. The molecule has 5 nitrogen and oxygen atoms in total. The standard InChI is InChI=1S/C16H26N2O3/c1-11(2)8-9-17-16(19)18-12(3)14-10-13(20-4)6-7-15(14)21-5/h6-7,10-12H,8-9H2,1-5H3,(H2,17,18,19). The predicted octanol–water partition coefficient (Wildman–Crippen LogP) is 3.11. The fraction of sp³-hybridized carbons (Fsp3) is 0.562. The van der Waals surface area contributed by atoms with Crippen LogP contribution < -0.4 is 20.1 Å². The fourth-order valence-electron chi connectivity index (χ4n) is 1.98. The highest BCUT2D eigenvalue weighted by Crippen LogP contribution is 2.29. The second-order valence-corrected chi connectivity index (χ2v) is 5.41. The molecule has 0 saturated carbocycles. The number of carbonyl (C=O) groups excluding carboxylic acids is 1. The number of urea groups is 1. The Bertz CT molecular complexity index is 461. The predicted molar refractivity (Wildman–Crippen MR) is 84.0 cm³/mol. The summed E-state index contributed by atoms with van der Waals surface area (Å²) in [6.07, 6.45) is 0.963. The van der Waals surface area contributed by atoms with Crippen molar-refractivity contribution < 1.29 is 14.3 Å². The summed E-state index contributed by atoms with van der Waals surface area (Å²) in [5.74, 6) is 2.03. The second kappa shape index (κ2) is 8.39. The highest BCUT2D eigenvalue weighted by Gasteiger charge is 2.15. The first-order valence-electron chi connectivity index (χ1n) is 7.24. The molecule has 0 saturated heterocycles. The van der Waals surface area contributed by atoms with E-state index in [4.69, 9.17) is 9.47 Å². The third kappa shape index (κ3) is 5.53. The Labute approximate surface area is 127 Å². The summed E-state index contributed by atoms with van der Waals surface area (Å²) >= 11 is 0. The maximum absolute atomic E-state index is 11.9. The van der Waals surface area contributed by atoms with Crippen molar-refractivity contribution in [1.82, 2.24) is 10.6 Å². The van der Waals surface area contributed by atoms with Crippen molar-refractivity contribution in [3.05, 3.63) is 23.8 Å². The van der Waals surface area contributed by atoms with Crippen molar-refractivity contribution >= 4 is 6.03 Å². The van der Waals surface area contributed by atoms with Gasteiger partial charge in [0.25, 0.3) is 0 Å². The minimum atomic E-state index is -0.173. The molecule has 2 amide bonds. The van der Waals surface area contributed by atoms with Gasteiger partial charge in [0.2, 0.25) is 0 Å². The first kappa shape index (κ1) is 17.1. The molecule has 118 valence electrons. The largest absolute Gasteiger partial charge is 0.497 e. The summed E-state index contributed by atoms with van der Waals surface area (Å²) in [5.41, 5.74) is 0.885. The minimum absolute atomic E-state index is 0.172. The van der Waals surface area contributed by atoms with Crippen molar-refractivity contribution in [3.63, 3.8) is 0 Å². The molecule has 1 rings (SSSR count). The molecular formula is C16H26N2O3. The Morgan fingerprint density at radius 1 is 1.19 bits per heavy atom. The van der Waals surface area contributed by atoms with Crippen LogP contribution in [0.15, 0.2) is 18.2 Å². The lowest BCUT2D eigenvalue weighted by Gasteiger charge is -2.18. The minimum Gasteiger partial charge on any atom is -0.497 e. The molecule has 0 heterocycles. The number of amides is 2. The van der Waals surface area contributed by atoms with E-state index >= 15 is 0 Å². The Morgan fingerprint density at radius 3 is 2.48 bits per heavy atom. The Hall–Kier alpha value is -1.91. The zero-order valence-electron chi connectivity index (χ0n) is 13.5. The van der Waals surface area contributed by atoms with Gasteiger partial charge in [-0.3, -0.25) is 0 Å². The number of hydrogen-bond acceptors (Lipinski definition) is 3. The van der Waals surface area contributed by atoms with Gasteiger partial charge in [0.15, 0.2) is 0 Å². The molecule has 0 aliphatic heterocycles. The molecule has 2 N–H and O–H groups in total. The van der Waals surface area contributed by atoms with Gasteiger partial charge >= 0.3 is 6.03 Å². The summed E-state index contributed by atoms with van der Waals surface area (Å²) in [5, 5.41) is 5.77. The molecule has 0 spiro atoms. The van der Waals surface area contributed by atoms with E-state index < -0.39 is 0 Å². The Kier molecular flexibility index (Phi) is 6.85. The quantitative estimate of drug-likeness (QED) is 0.812. The smallest absolute Gasteiger partial charge is 0.315 e. The van der Waals surface area contributed by atoms with Gasteiger partial charge in [0.05, 0.1) is 20.3 Å². The average molecular weight is 294 g/mol. The molecule has 5 heteroatoms. The number of rotatable bonds is 7. The number of methoxy groups -OCH3 is 2. The van der Waals surface area contributed by atoms with E-state index in [1.54, 1.807) is 14.2 Å². The number of ether oxygens (including phenoxy) is 2. The lowest BCUT2D eigenvalue weighted by molar-refractivity contribution is 0.237. The summed E-state index contributed by atoms with van der Waals surface area (Å²) in [7, 11) is 3.23. The molecule has 0 aliphatic carbocycles. The van der Waals surface area contributed by atoms with Crippen LogP contribution in [0.5, 0.6) is 11.5 Å². The van der Waals surface area contributed by atoms with E-state index in [9.17, 15) is 4.79 Å². The molecule has 0 aromatic heterocycles. The second-order valence-electron chi connectivity index (χ2n) is 5.41. The van der Waals surface area contributed by atoms with Gasteiger partial charge < -0.3 is 20.1 Å². The monoisotopic (exact) mass is 294 g/mol. The van der Waals surface area contributed by atoms with E-state index in [-0.39, 0.29) is 12.1 Å². The molecule has 0 radical (unpaired) electrons. The molecule has 0 aliphatic rings. The molecule has 1 aromatic rings. The van der Waals surface area contributed by atoms with Gasteiger partial charge in [-0.15, -0.1) is 0 Å². The zero-order chi connectivity index (χ0) is 15.8. The van der Waals surface area contributed by atoms with Crippen LogP contribution in [0.1, 0.15) is 38.8 Å². The summed E-state index contributed by atoms with van der Waals surface area (Å²) in [4.78, 5) is 11.9. The number of nitrogens with one attached hydrogen (secondary N) is 2. The van der Waals surface area contributed by atoms with Crippen LogP contribution in [0, 0.1) is 5.92 Å². The van der Waals surface area contributed by atoms with Crippen LogP contribution in [-0.2, 0) is 0 Å². The van der Waals surface area contributed by atoms with E-state index in [0.29, 0.717) is 12.5 Å². The van der Waals surface area contributed by atoms with Gasteiger partial charge in [-0.05, 0) is 37.5 Å². The number of carbonyl (C=O) groups is 1. The summed E-state index contributed by atoms with van der Waals surface area (Å²) in [6, 6.07) is 5.20. The van der Waals surface area contributed by atoms with E-state index in [2.05, 4.69) is 24.5 Å². The van der Waals surface area contributed by atoms with Crippen molar-refractivity contribution in [2.45, 2.75) is 33.2 Å². The third-order valence-corrected chi connectivity index (χ3v) is 3.26. The highest BCUT2D eigenvalue weighted by atomic mass is 16.5. The normalized spacial score (nSPS) is 11.9. The first-order chi connectivity index (χ1) is 9.97. The maximum Gasteiger partial charge on any atom is 0.315 e. The van der Waals surface area contributed by atoms with Crippen LogP contribution in [0.3, 0.4) is 0 Å². The molecule has 1 atom stereocenters. The fourth-order valence-corrected chi connectivity index (χ4v) is 1.98. The van der Waals surface area contributed by atoms with Gasteiger partial charge in [-0.2, -0.15) is 0 Å². The first-order valence-corrected chi connectivity index (χ1v) is 7.24. The molecule has 0 fully saturated rings. The van der Waals surface area contributed by atoms with Gasteiger partial charge in [-0.1, -0.05) is 13.8 Å². The number of hydrogen-bond donors (Lipinski definition) is 2. The van der Waals surface area contributed by atoms with Crippen molar-refractivity contribution in [2.24, 2.45) is 5.92 Å². The van der Waals surface area contributed by atoms with E-state index in [1.807, 2.05) is 25.1 Å². The highest BCUT2D eigenvalue weighted by molar-refractivity contribution is 5.74. The van der Waals surface area contributed by atoms with Gasteiger partial charge in [0.1, 0.15) is 11.5 Å². The van der Waals surface area contributed by atoms with Crippen LogP contribution >= 0.6 is 0 Å². The van der Waals surface area contributed by atoms with Crippen LogP contribution in [0.2, 0.25) is 0 Å². The topological polar surface area (TPSA) is 59.6 Å². The van der Waals surface area contributed by atoms with Crippen LogP contribution in [0.4, 0.5) is 4.79 Å². The summed E-state index contributed by atoms with van der Waals surface area (Å²) in [6.45, 7) is 6.84. The van der Waals surface area contributed by atoms with Crippen molar-refractivity contribution in [2.75, 3.05) is 20.8 Å². The Balaban J connectivity index is 2.65. The lowest BCUT2D eigenvalue weighted by atomic mass is 10.1. The summed E-state index contributed by atoms with van der Waals surface area (Å²) < 4.78 is 10.5. The molecule has 0 bridgehead atoms. The molecular weight excluding hydrogens is 268 g/mol. The zero-order valence-corrected chi connectivity index (χ0v) is 13.5. The molecule has 1 unspecified atom stereocenters. The van der Waals surface area contributed by atoms with Crippen LogP contribution in [0.25, 0.3) is 0 Å². The van der Waals surface area contributed by atoms with Crippen molar-refractivity contribution in [3.8, 4) is 11.5 Å². The SMILES string of the molecule is COc1ccc(OC)c(C(C)NC(=O)NCCC(C)C)c1. The van der Waals surface area contributed by atoms with Crippen LogP contribution in [-0.4, -0.2) is 26.8 Å². The number of benzene rings is 1. The molecule has 21 heavy (non-hydrogen) atoms. The van der Waals surface area contributed by atoms with E-state index in [1.165, 1.54) is 0 Å².